The lowest BCUT2D eigenvalue weighted by atomic mass is 10.1. The number of methoxy groups -OCH3 is 1. The third kappa shape index (κ3) is 2.29. The fourth-order valence-electron chi connectivity index (χ4n) is 1.72. The summed E-state index contributed by atoms with van der Waals surface area (Å²) in [5.41, 5.74) is 2.49. The SMILES string of the molecule is COc1c(C=O)cccc1-c1nc(C(C)C)cs1. The lowest BCUT2D eigenvalue weighted by Crippen LogP contribution is -1.94. The molecule has 1 aromatic heterocycles. The predicted octanol–water partition coefficient (Wildman–Crippen LogP) is 3.75. The summed E-state index contributed by atoms with van der Waals surface area (Å²) in [5, 5.41) is 2.94. The van der Waals surface area contributed by atoms with Crippen molar-refractivity contribution >= 4 is 17.6 Å². The zero-order valence-electron chi connectivity index (χ0n) is 10.6. The molecule has 2 rings (SSSR count). The van der Waals surface area contributed by atoms with Crippen LogP contribution in [0, 0.1) is 0 Å². The van der Waals surface area contributed by atoms with E-state index in [1.165, 1.54) is 0 Å². The van der Waals surface area contributed by atoms with Crippen molar-refractivity contribution in [1.82, 2.24) is 4.98 Å². The summed E-state index contributed by atoms with van der Waals surface area (Å²) >= 11 is 1.57. The molecule has 1 aromatic carbocycles. The molecule has 0 aliphatic heterocycles. The van der Waals surface area contributed by atoms with Crippen molar-refractivity contribution in [2.45, 2.75) is 19.8 Å². The van der Waals surface area contributed by atoms with Gasteiger partial charge in [0.05, 0.1) is 23.9 Å². The Kier molecular flexibility index (Phi) is 3.77. The third-order valence-electron chi connectivity index (χ3n) is 2.72. The first kappa shape index (κ1) is 12.8. The minimum atomic E-state index is 0.398. The molecule has 0 atom stereocenters. The molecule has 0 bridgehead atoms. The minimum Gasteiger partial charge on any atom is -0.495 e. The summed E-state index contributed by atoms with van der Waals surface area (Å²) in [7, 11) is 1.57. The lowest BCUT2D eigenvalue weighted by Gasteiger charge is -2.08. The van der Waals surface area contributed by atoms with E-state index in [0.29, 0.717) is 17.2 Å². The number of benzene rings is 1. The van der Waals surface area contributed by atoms with E-state index >= 15 is 0 Å². The van der Waals surface area contributed by atoms with Gasteiger partial charge >= 0.3 is 0 Å². The predicted molar refractivity (Wildman–Crippen MR) is 73.6 cm³/mol. The maximum absolute atomic E-state index is 11.0. The molecule has 94 valence electrons. The summed E-state index contributed by atoms with van der Waals surface area (Å²) in [6, 6.07) is 5.51. The maximum atomic E-state index is 11.0. The van der Waals surface area contributed by atoms with Gasteiger partial charge in [-0.15, -0.1) is 11.3 Å². The van der Waals surface area contributed by atoms with Crippen molar-refractivity contribution in [3.05, 3.63) is 34.8 Å². The van der Waals surface area contributed by atoms with E-state index < -0.39 is 0 Å². The van der Waals surface area contributed by atoms with Crippen LogP contribution in [0.4, 0.5) is 0 Å². The molecular weight excluding hydrogens is 246 g/mol. The molecule has 1 heterocycles. The molecule has 0 amide bonds. The number of carbonyl (C=O) groups is 1. The van der Waals surface area contributed by atoms with Crippen LogP contribution in [-0.2, 0) is 0 Å². The first-order chi connectivity index (χ1) is 8.67. The van der Waals surface area contributed by atoms with Crippen LogP contribution in [-0.4, -0.2) is 18.4 Å². The van der Waals surface area contributed by atoms with Gasteiger partial charge in [0, 0.05) is 5.38 Å². The Bertz CT molecular complexity index is 561. The Hall–Kier alpha value is -1.68. The summed E-state index contributed by atoms with van der Waals surface area (Å²) in [4.78, 5) is 15.6. The monoisotopic (exact) mass is 261 g/mol. The van der Waals surface area contributed by atoms with Gasteiger partial charge in [-0.05, 0) is 18.1 Å². The number of hydrogen-bond donors (Lipinski definition) is 0. The van der Waals surface area contributed by atoms with Crippen LogP contribution in [0.5, 0.6) is 5.75 Å². The molecule has 0 saturated carbocycles. The number of para-hydroxylation sites is 1. The van der Waals surface area contributed by atoms with Crippen molar-refractivity contribution < 1.29 is 9.53 Å². The van der Waals surface area contributed by atoms with E-state index in [2.05, 4.69) is 18.8 Å². The molecule has 4 heteroatoms. The van der Waals surface area contributed by atoms with Crippen molar-refractivity contribution in [3.63, 3.8) is 0 Å². The Labute approximate surface area is 110 Å². The number of thiazole rings is 1. The highest BCUT2D eigenvalue weighted by molar-refractivity contribution is 7.13. The Morgan fingerprint density at radius 2 is 2.17 bits per heavy atom. The number of ether oxygens (including phenoxy) is 1. The van der Waals surface area contributed by atoms with Crippen LogP contribution < -0.4 is 4.74 Å². The van der Waals surface area contributed by atoms with Crippen LogP contribution in [0.15, 0.2) is 23.6 Å². The molecule has 2 aromatic rings. The van der Waals surface area contributed by atoms with Crippen molar-refractivity contribution in [1.29, 1.82) is 0 Å². The van der Waals surface area contributed by atoms with E-state index in [4.69, 9.17) is 4.74 Å². The van der Waals surface area contributed by atoms with Gasteiger partial charge in [0.2, 0.25) is 0 Å². The van der Waals surface area contributed by atoms with Gasteiger partial charge in [0.1, 0.15) is 10.8 Å². The number of aromatic nitrogens is 1. The quantitative estimate of drug-likeness (QED) is 0.787. The second kappa shape index (κ2) is 5.31. The van der Waals surface area contributed by atoms with Crippen molar-refractivity contribution in [2.75, 3.05) is 7.11 Å². The molecule has 0 aliphatic carbocycles. The molecule has 0 aliphatic rings. The van der Waals surface area contributed by atoms with Crippen LogP contribution in [0.2, 0.25) is 0 Å². The molecule has 18 heavy (non-hydrogen) atoms. The second-order valence-corrected chi connectivity index (χ2v) is 5.14. The third-order valence-corrected chi connectivity index (χ3v) is 3.61. The van der Waals surface area contributed by atoms with Gasteiger partial charge in [-0.25, -0.2) is 4.98 Å². The van der Waals surface area contributed by atoms with Gasteiger partial charge in [-0.3, -0.25) is 4.79 Å². The second-order valence-electron chi connectivity index (χ2n) is 4.28. The van der Waals surface area contributed by atoms with Gasteiger partial charge in [-0.1, -0.05) is 19.9 Å². The zero-order valence-corrected chi connectivity index (χ0v) is 11.5. The van der Waals surface area contributed by atoms with Crippen LogP contribution >= 0.6 is 11.3 Å². The molecule has 3 nitrogen and oxygen atoms in total. The topological polar surface area (TPSA) is 39.2 Å². The summed E-state index contributed by atoms with van der Waals surface area (Å²) in [6.45, 7) is 4.22. The molecule has 0 radical (unpaired) electrons. The van der Waals surface area contributed by atoms with Crippen LogP contribution in [0.3, 0.4) is 0 Å². The Morgan fingerprint density at radius 3 is 2.72 bits per heavy atom. The number of hydrogen-bond acceptors (Lipinski definition) is 4. The van der Waals surface area contributed by atoms with Gasteiger partial charge < -0.3 is 4.74 Å². The van der Waals surface area contributed by atoms with E-state index in [1.807, 2.05) is 17.5 Å². The molecular formula is C14H15NO2S. The maximum Gasteiger partial charge on any atom is 0.153 e. The summed E-state index contributed by atoms with van der Waals surface area (Å²) < 4.78 is 5.33. The summed E-state index contributed by atoms with van der Waals surface area (Å²) in [5.74, 6) is 0.993. The van der Waals surface area contributed by atoms with Gasteiger partial charge in [-0.2, -0.15) is 0 Å². The average molecular weight is 261 g/mol. The number of nitrogens with zero attached hydrogens (tertiary/aromatic N) is 1. The van der Waals surface area contributed by atoms with Crippen LogP contribution in [0.25, 0.3) is 10.6 Å². The Morgan fingerprint density at radius 1 is 1.39 bits per heavy atom. The molecule has 0 saturated heterocycles. The van der Waals surface area contributed by atoms with E-state index in [9.17, 15) is 4.79 Å². The fraction of sp³-hybridized carbons (Fsp3) is 0.286. The largest absolute Gasteiger partial charge is 0.495 e. The number of aldehydes is 1. The first-order valence-corrected chi connectivity index (χ1v) is 6.63. The van der Waals surface area contributed by atoms with Crippen molar-refractivity contribution in [2.24, 2.45) is 0 Å². The average Bonchev–Trinajstić information content (AvgIpc) is 2.87. The molecule has 0 fully saturated rings. The molecule has 0 unspecified atom stereocenters. The van der Waals surface area contributed by atoms with Gasteiger partial charge in [0.15, 0.2) is 6.29 Å². The summed E-state index contributed by atoms with van der Waals surface area (Å²) in [6.07, 6.45) is 0.805. The highest BCUT2D eigenvalue weighted by atomic mass is 32.1. The molecule has 0 N–H and O–H groups in total. The smallest absolute Gasteiger partial charge is 0.153 e. The number of carbonyl (C=O) groups excluding carboxylic acids is 1. The van der Waals surface area contributed by atoms with Crippen molar-refractivity contribution in [3.8, 4) is 16.3 Å². The normalized spacial score (nSPS) is 10.7. The van der Waals surface area contributed by atoms with E-state index in [0.717, 1.165) is 22.6 Å². The van der Waals surface area contributed by atoms with Crippen LogP contribution in [0.1, 0.15) is 35.8 Å². The number of rotatable bonds is 4. The minimum absolute atomic E-state index is 0.398. The van der Waals surface area contributed by atoms with Gasteiger partial charge in [0.25, 0.3) is 0 Å². The van der Waals surface area contributed by atoms with E-state index in [1.54, 1.807) is 24.5 Å². The standard InChI is InChI=1S/C14H15NO2S/c1-9(2)12-8-18-14(15-12)11-6-4-5-10(7-16)13(11)17-3/h4-9H,1-3H3. The fourth-order valence-corrected chi connectivity index (χ4v) is 2.72. The Balaban J connectivity index is 2.52. The highest BCUT2D eigenvalue weighted by Crippen LogP contribution is 2.35. The zero-order chi connectivity index (χ0) is 13.1. The first-order valence-electron chi connectivity index (χ1n) is 5.75. The molecule has 0 spiro atoms. The lowest BCUT2D eigenvalue weighted by molar-refractivity contribution is 0.112. The van der Waals surface area contributed by atoms with E-state index in [-0.39, 0.29) is 0 Å². The highest BCUT2D eigenvalue weighted by Gasteiger charge is 2.14.